The van der Waals surface area contributed by atoms with Gasteiger partial charge in [0.15, 0.2) is 0 Å². The van der Waals surface area contributed by atoms with Crippen LogP contribution in [0.25, 0.3) is 0 Å². The molecule has 1 aliphatic rings. The van der Waals surface area contributed by atoms with E-state index in [1.165, 1.54) is 0 Å². The smallest absolute Gasteiger partial charge is 0.129 e. The van der Waals surface area contributed by atoms with E-state index in [-0.39, 0.29) is 6.10 Å². The summed E-state index contributed by atoms with van der Waals surface area (Å²) >= 11 is 4.99. The van der Waals surface area contributed by atoms with Gasteiger partial charge in [0.05, 0.1) is 11.7 Å². The van der Waals surface area contributed by atoms with Crippen LogP contribution in [0.5, 0.6) is 5.75 Å². The first-order valence-electron chi connectivity index (χ1n) is 6.59. The van der Waals surface area contributed by atoms with Crippen LogP contribution in [-0.2, 0) is 0 Å². The number of ether oxygens (including phenoxy) is 1. The number of rotatable bonds is 5. The van der Waals surface area contributed by atoms with Crippen LogP contribution in [-0.4, -0.2) is 47.3 Å². The molecule has 104 valence electrons. The van der Waals surface area contributed by atoms with Gasteiger partial charge in [-0.3, -0.25) is 4.90 Å². The van der Waals surface area contributed by atoms with Gasteiger partial charge < -0.3 is 15.6 Å². The maximum absolute atomic E-state index is 9.60. The lowest BCUT2D eigenvalue weighted by Gasteiger charge is -2.29. The number of nitrogens with zero attached hydrogens (tertiary/aromatic N) is 1. The summed E-state index contributed by atoms with van der Waals surface area (Å²) in [5, 5.41) is 9.60. The van der Waals surface area contributed by atoms with Crippen LogP contribution in [0.4, 0.5) is 0 Å². The fraction of sp³-hybridized carbons (Fsp3) is 0.500. The lowest BCUT2D eigenvalue weighted by Crippen LogP contribution is -2.40. The molecule has 1 aromatic carbocycles. The number of aliphatic hydroxyl groups excluding tert-OH is 1. The summed E-state index contributed by atoms with van der Waals surface area (Å²) in [6, 6.07) is 7.53. The number of likely N-dealkylation sites (tertiary alicyclic amines) is 1. The highest BCUT2D eigenvalue weighted by molar-refractivity contribution is 7.80. The Morgan fingerprint density at radius 3 is 3.00 bits per heavy atom. The van der Waals surface area contributed by atoms with Crippen molar-refractivity contribution >= 4 is 17.2 Å². The molecule has 3 N–H and O–H groups in total. The number of piperidine rings is 1. The summed E-state index contributed by atoms with van der Waals surface area (Å²) in [4.78, 5) is 2.57. The molecular weight excluding hydrogens is 260 g/mol. The van der Waals surface area contributed by atoms with Crippen LogP contribution >= 0.6 is 12.2 Å². The predicted octanol–water partition coefficient (Wildman–Crippen LogP) is 1.16. The van der Waals surface area contributed by atoms with Crippen LogP contribution in [0.3, 0.4) is 0 Å². The minimum Gasteiger partial charge on any atom is -0.492 e. The van der Waals surface area contributed by atoms with Crippen molar-refractivity contribution in [1.82, 2.24) is 4.90 Å². The number of hydrogen-bond donors (Lipinski definition) is 2. The third-order valence-corrected chi connectivity index (χ3v) is 3.52. The summed E-state index contributed by atoms with van der Waals surface area (Å²) in [5.41, 5.74) is 6.43. The molecule has 0 saturated carbocycles. The number of nitrogens with two attached hydrogens (primary N) is 1. The molecule has 5 heteroatoms. The second-order valence-electron chi connectivity index (χ2n) is 4.81. The summed E-state index contributed by atoms with van der Waals surface area (Å²) < 4.78 is 5.75. The van der Waals surface area contributed by atoms with Crippen LogP contribution in [0.1, 0.15) is 18.4 Å². The van der Waals surface area contributed by atoms with Crippen molar-refractivity contribution in [2.75, 3.05) is 26.2 Å². The van der Waals surface area contributed by atoms with Crippen molar-refractivity contribution in [3.63, 3.8) is 0 Å². The Labute approximate surface area is 119 Å². The molecule has 1 saturated heterocycles. The Morgan fingerprint density at radius 2 is 2.26 bits per heavy atom. The van der Waals surface area contributed by atoms with E-state index in [0.717, 1.165) is 43.8 Å². The topological polar surface area (TPSA) is 58.7 Å². The molecule has 0 aliphatic carbocycles. The molecular formula is C14H20N2O2S. The minimum atomic E-state index is -0.197. The molecule has 1 fully saturated rings. The average Bonchev–Trinajstić information content (AvgIpc) is 2.39. The van der Waals surface area contributed by atoms with Crippen molar-refractivity contribution in [2.24, 2.45) is 5.73 Å². The van der Waals surface area contributed by atoms with Crippen LogP contribution in [0.2, 0.25) is 0 Å². The Bertz CT molecular complexity index is 439. The van der Waals surface area contributed by atoms with Crippen molar-refractivity contribution < 1.29 is 9.84 Å². The van der Waals surface area contributed by atoms with E-state index in [1.54, 1.807) is 0 Å². The Hall–Kier alpha value is -1.17. The molecule has 0 radical (unpaired) electrons. The van der Waals surface area contributed by atoms with Gasteiger partial charge in [0.2, 0.25) is 0 Å². The SMILES string of the molecule is NC(=S)c1ccccc1OCCN1CCCC(O)C1. The second kappa shape index (κ2) is 6.84. The highest BCUT2D eigenvalue weighted by atomic mass is 32.1. The van der Waals surface area contributed by atoms with E-state index in [1.807, 2.05) is 24.3 Å². The molecule has 0 spiro atoms. The van der Waals surface area contributed by atoms with Gasteiger partial charge in [0, 0.05) is 13.1 Å². The summed E-state index contributed by atoms with van der Waals surface area (Å²) in [6.07, 6.45) is 1.75. The second-order valence-corrected chi connectivity index (χ2v) is 5.25. The van der Waals surface area contributed by atoms with E-state index in [0.29, 0.717) is 11.6 Å². The molecule has 1 unspecified atom stereocenters. The van der Waals surface area contributed by atoms with Gasteiger partial charge >= 0.3 is 0 Å². The first-order chi connectivity index (χ1) is 9.16. The van der Waals surface area contributed by atoms with E-state index < -0.39 is 0 Å². The summed E-state index contributed by atoms with van der Waals surface area (Å²) in [5.74, 6) is 0.729. The molecule has 1 heterocycles. The largest absolute Gasteiger partial charge is 0.492 e. The molecule has 19 heavy (non-hydrogen) atoms. The minimum absolute atomic E-state index is 0.197. The molecule has 0 amide bonds. The number of thiocarbonyl (C=S) groups is 1. The number of para-hydroxylation sites is 1. The maximum Gasteiger partial charge on any atom is 0.129 e. The molecule has 2 rings (SSSR count). The Kier molecular flexibility index (Phi) is 5.13. The van der Waals surface area contributed by atoms with E-state index in [2.05, 4.69) is 4.90 Å². The maximum atomic E-state index is 9.60. The zero-order valence-electron chi connectivity index (χ0n) is 10.9. The van der Waals surface area contributed by atoms with Crippen LogP contribution in [0, 0.1) is 0 Å². The van der Waals surface area contributed by atoms with Crippen LogP contribution in [0.15, 0.2) is 24.3 Å². The normalized spacial score (nSPS) is 20.2. The van der Waals surface area contributed by atoms with Gasteiger partial charge in [-0.05, 0) is 31.5 Å². The molecule has 1 aromatic rings. The van der Waals surface area contributed by atoms with Crippen molar-refractivity contribution in [3.05, 3.63) is 29.8 Å². The van der Waals surface area contributed by atoms with Crippen LogP contribution < -0.4 is 10.5 Å². The van der Waals surface area contributed by atoms with E-state index >= 15 is 0 Å². The first-order valence-corrected chi connectivity index (χ1v) is 6.99. The molecule has 1 aliphatic heterocycles. The number of benzene rings is 1. The van der Waals surface area contributed by atoms with Gasteiger partial charge in [-0.1, -0.05) is 24.4 Å². The van der Waals surface area contributed by atoms with Crippen molar-refractivity contribution in [1.29, 1.82) is 0 Å². The quantitative estimate of drug-likeness (QED) is 0.793. The first kappa shape index (κ1) is 14.2. The molecule has 1 atom stereocenters. The fourth-order valence-corrected chi connectivity index (χ4v) is 2.48. The molecule has 4 nitrogen and oxygen atoms in total. The standard InChI is InChI=1S/C14H20N2O2S/c15-14(19)12-5-1-2-6-13(12)18-9-8-16-7-3-4-11(17)10-16/h1-2,5-6,11,17H,3-4,7-10H2,(H2,15,19). The number of aliphatic hydroxyl groups is 1. The number of hydrogen-bond acceptors (Lipinski definition) is 4. The van der Waals surface area contributed by atoms with Gasteiger partial charge in [-0.2, -0.15) is 0 Å². The van der Waals surface area contributed by atoms with Crippen molar-refractivity contribution in [3.8, 4) is 5.75 Å². The predicted molar refractivity (Wildman–Crippen MR) is 79.5 cm³/mol. The summed E-state index contributed by atoms with van der Waals surface area (Å²) in [6.45, 7) is 3.15. The van der Waals surface area contributed by atoms with Crippen molar-refractivity contribution in [2.45, 2.75) is 18.9 Å². The zero-order chi connectivity index (χ0) is 13.7. The third-order valence-electron chi connectivity index (χ3n) is 3.30. The summed E-state index contributed by atoms with van der Waals surface area (Å²) in [7, 11) is 0. The Morgan fingerprint density at radius 1 is 1.47 bits per heavy atom. The van der Waals surface area contributed by atoms with Gasteiger partial charge in [0.1, 0.15) is 17.3 Å². The monoisotopic (exact) mass is 280 g/mol. The highest BCUT2D eigenvalue weighted by Gasteiger charge is 2.17. The van der Waals surface area contributed by atoms with E-state index in [4.69, 9.17) is 22.7 Å². The van der Waals surface area contributed by atoms with Gasteiger partial charge in [0.25, 0.3) is 0 Å². The van der Waals surface area contributed by atoms with E-state index in [9.17, 15) is 5.11 Å². The zero-order valence-corrected chi connectivity index (χ0v) is 11.7. The Balaban J connectivity index is 1.84. The van der Waals surface area contributed by atoms with Gasteiger partial charge in [-0.25, -0.2) is 0 Å². The van der Waals surface area contributed by atoms with Gasteiger partial charge in [-0.15, -0.1) is 0 Å². The molecule has 0 aromatic heterocycles. The number of β-amino-alcohol motifs (C(OH)–C–C–N with tert-alkyl or cyclic N) is 1. The third kappa shape index (κ3) is 4.16. The fourth-order valence-electron chi connectivity index (χ4n) is 2.31. The lowest BCUT2D eigenvalue weighted by atomic mass is 10.1. The highest BCUT2D eigenvalue weighted by Crippen LogP contribution is 2.18. The molecule has 0 bridgehead atoms. The average molecular weight is 280 g/mol. The lowest BCUT2D eigenvalue weighted by molar-refractivity contribution is 0.0633.